The fourth-order valence-corrected chi connectivity index (χ4v) is 1.18. The van der Waals surface area contributed by atoms with Gasteiger partial charge in [0.25, 0.3) is 0 Å². The van der Waals surface area contributed by atoms with Crippen molar-refractivity contribution in [2.75, 3.05) is 6.54 Å². The molecule has 0 heterocycles. The number of nitrogens with one attached hydrogen (secondary N) is 1. The number of rotatable bonds is 5. The first-order valence-electron chi connectivity index (χ1n) is 5.40. The third-order valence-corrected chi connectivity index (χ3v) is 2.77. The lowest BCUT2D eigenvalue weighted by Crippen LogP contribution is -2.43. The van der Waals surface area contributed by atoms with E-state index in [1.807, 2.05) is 20.8 Å². The van der Waals surface area contributed by atoms with Gasteiger partial charge in [0.1, 0.15) is 0 Å². The van der Waals surface area contributed by atoms with Gasteiger partial charge in [-0.1, -0.05) is 27.7 Å². The Hall–Kier alpha value is -0.570. The van der Waals surface area contributed by atoms with E-state index in [1.165, 1.54) is 0 Å². The number of hydrogen-bond acceptors (Lipinski definition) is 2. The Kier molecular flexibility index (Phi) is 5.77. The summed E-state index contributed by atoms with van der Waals surface area (Å²) in [7, 11) is 0. The standard InChI is InChI=1S/C11H24N2O/c1-7(2)9(5)13-11(14)10(6-12)8(3)4/h7-10H,6,12H2,1-5H3,(H,13,14). The lowest BCUT2D eigenvalue weighted by molar-refractivity contribution is -0.126. The molecule has 0 spiro atoms. The summed E-state index contributed by atoms with van der Waals surface area (Å²) in [5, 5.41) is 2.99. The van der Waals surface area contributed by atoms with Gasteiger partial charge in [-0.25, -0.2) is 0 Å². The number of carbonyl (C=O) groups excluding carboxylic acids is 1. The molecule has 0 aliphatic carbocycles. The van der Waals surface area contributed by atoms with Crippen LogP contribution in [0, 0.1) is 17.8 Å². The van der Waals surface area contributed by atoms with Crippen LogP contribution in [-0.4, -0.2) is 18.5 Å². The molecule has 0 rings (SSSR count). The average molecular weight is 200 g/mol. The molecule has 0 radical (unpaired) electrons. The van der Waals surface area contributed by atoms with E-state index in [9.17, 15) is 4.79 Å². The third-order valence-electron chi connectivity index (χ3n) is 2.77. The van der Waals surface area contributed by atoms with Gasteiger partial charge in [-0.15, -0.1) is 0 Å². The number of nitrogens with two attached hydrogens (primary N) is 1. The van der Waals surface area contributed by atoms with Gasteiger partial charge >= 0.3 is 0 Å². The highest BCUT2D eigenvalue weighted by atomic mass is 16.2. The monoisotopic (exact) mass is 200 g/mol. The summed E-state index contributed by atoms with van der Waals surface area (Å²) in [6.07, 6.45) is 0. The first-order valence-corrected chi connectivity index (χ1v) is 5.40. The molecule has 0 saturated heterocycles. The molecule has 84 valence electrons. The molecular formula is C11H24N2O. The minimum absolute atomic E-state index is 0.0591. The molecule has 0 aromatic rings. The van der Waals surface area contributed by atoms with E-state index in [0.29, 0.717) is 18.4 Å². The Morgan fingerprint density at radius 3 is 1.93 bits per heavy atom. The van der Waals surface area contributed by atoms with Crippen LogP contribution < -0.4 is 11.1 Å². The van der Waals surface area contributed by atoms with E-state index in [0.717, 1.165) is 0 Å². The van der Waals surface area contributed by atoms with Gasteiger partial charge < -0.3 is 11.1 Å². The van der Waals surface area contributed by atoms with Crippen molar-refractivity contribution in [1.82, 2.24) is 5.32 Å². The predicted octanol–water partition coefficient (Wildman–Crippen LogP) is 1.38. The summed E-state index contributed by atoms with van der Waals surface area (Å²) in [4.78, 5) is 11.7. The van der Waals surface area contributed by atoms with Crippen LogP contribution in [0.3, 0.4) is 0 Å². The Balaban J connectivity index is 4.18. The molecule has 0 aliphatic heterocycles. The summed E-state index contributed by atoms with van der Waals surface area (Å²) >= 11 is 0. The van der Waals surface area contributed by atoms with Gasteiger partial charge in [0.05, 0.1) is 5.92 Å². The van der Waals surface area contributed by atoms with Crippen molar-refractivity contribution in [2.24, 2.45) is 23.5 Å². The molecule has 0 aliphatic rings. The quantitative estimate of drug-likeness (QED) is 0.704. The number of hydrogen-bond donors (Lipinski definition) is 2. The van der Waals surface area contributed by atoms with Gasteiger partial charge in [-0.05, 0) is 18.8 Å². The third kappa shape index (κ3) is 4.09. The summed E-state index contributed by atoms with van der Waals surface area (Å²) in [5.41, 5.74) is 5.57. The minimum atomic E-state index is -0.0591. The molecule has 0 bridgehead atoms. The molecule has 0 aromatic carbocycles. The topological polar surface area (TPSA) is 55.1 Å². The highest BCUT2D eigenvalue weighted by Crippen LogP contribution is 2.10. The molecule has 0 saturated carbocycles. The lowest BCUT2D eigenvalue weighted by Gasteiger charge is -2.23. The fraction of sp³-hybridized carbons (Fsp3) is 0.909. The van der Waals surface area contributed by atoms with Crippen molar-refractivity contribution in [3.8, 4) is 0 Å². The minimum Gasteiger partial charge on any atom is -0.353 e. The molecule has 3 nitrogen and oxygen atoms in total. The molecule has 3 N–H and O–H groups in total. The summed E-state index contributed by atoms with van der Waals surface area (Å²) < 4.78 is 0. The number of amides is 1. The first kappa shape index (κ1) is 13.4. The molecule has 1 amide bonds. The first-order chi connectivity index (χ1) is 6.40. The maximum Gasteiger partial charge on any atom is 0.224 e. The molecule has 0 aromatic heterocycles. The molecule has 2 atom stereocenters. The Bertz CT molecular complexity index is 178. The van der Waals surface area contributed by atoms with Crippen LogP contribution in [0.15, 0.2) is 0 Å². The van der Waals surface area contributed by atoms with Crippen molar-refractivity contribution in [3.05, 3.63) is 0 Å². The zero-order chi connectivity index (χ0) is 11.3. The molecule has 0 fully saturated rings. The smallest absolute Gasteiger partial charge is 0.224 e. The van der Waals surface area contributed by atoms with Crippen LogP contribution in [0.1, 0.15) is 34.6 Å². The van der Waals surface area contributed by atoms with Gasteiger partial charge in [0, 0.05) is 12.6 Å². The second kappa shape index (κ2) is 6.02. The summed E-state index contributed by atoms with van der Waals surface area (Å²) in [6.45, 7) is 10.7. The van der Waals surface area contributed by atoms with Gasteiger partial charge in [0.2, 0.25) is 5.91 Å². The van der Waals surface area contributed by atoms with Gasteiger partial charge in [-0.3, -0.25) is 4.79 Å². The maximum absolute atomic E-state index is 11.7. The average Bonchev–Trinajstić information content (AvgIpc) is 2.04. The van der Waals surface area contributed by atoms with Gasteiger partial charge in [-0.2, -0.15) is 0 Å². The zero-order valence-electron chi connectivity index (χ0n) is 10.0. The maximum atomic E-state index is 11.7. The van der Waals surface area contributed by atoms with Crippen molar-refractivity contribution < 1.29 is 4.79 Å². The van der Waals surface area contributed by atoms with Crippen molar-refractivity contribution in [1.29, 1.82) is 0 Å². The van der Waals surface area contributed by atoms with E-state index in [4.69, 9.17) is 5.73 Å². The van der Waals surface area contributed by atoms with E-state index in [-0.39, 0.29) is 17.9 Å². The van der Waals surface area contributed by atoms with E-state index in [2.05, 4.69) is 19.2 Å². The Labute approximate surface area is 87.4 Å². The van der Waals surface area contributed by atoms with Gasteiger partial charge in [0.15, 0.2) is 0 Å². The molecule has 14 heavy (non-hydrogen) atoms. The highest BCUT2D eigenvalue weighted by Gasteiger charge is 2.22. The van der Waals surface area contributed by atoms with E-state index < -0.39 is 0 Å². The highest BCUT2D eigenvalue weighted by molar-refractivity contribution is 5.79. The molecule has 3 heteroatoms. The SMILES string of the molecule is CC(C)C(C)NC(=O)C(CN)C(C)C. The fourth-order valence-electron chi connectivity index (χ4n) is 1.18. The van der Waals surface area contributed by atoms with Crippen LogP contribution in [0.4, 0.5) is 0 Å². The van der Waals surface area contributed by atoms with Crippen molar-refractivity contribution in [3.63, 3.8) is 0 Å². The second-order valence-electron chi connectivity index (χ2n) is 4.63. The van der Waals surface area contributed by atoms with Crippen LogP contribution in [0.5, 0.6) is 0 Å². The predicted molar refractivity (Wildman–Crippen MR) is 59.8 cm³/mol. The Morgan fingerprint density at radius 2 is 1.64 bits per heavy atom. The lowest BCUT2D eigenvalue weighted by atomic mass is 9.94. The molecule has 2 unspecified atom stereocenters. The molecular weight excluding hydrogens is 176 g/mol. The van der Waals surface area contributed by atoms with Crippen molar-refractivity contribution in [2.45, 2.75) is 40.7 Å². The number of carbonyl (C=O) groups is 1. The van der Waals surface area contributed by atoms with Crippen LogP contribution in [-0.2, 0) is 4.79 Å². The second-order valence-corrected chi connectivity index (χ2v) is 4.63. The largest absolute Gasteiger partial charge is 0.353 e. The van der Waals surface area contributed by atoms with Crippen LogP contribution >= 0.6 is 0 Å². The van der Waals surface area contributed by atoms with E-state index >= 15 is 0 Å². The summed E-state index contributed by atoms with van der Waals surface area (Å²) in [5.74, 6) is 0.795. The van der Waals surface area contributed by atoms with Crippen molar-refractivity contribution >= 4 is 5.91 Å². The van der Waals surface area contributed by atoms with Crippen LogP contribution in [0.25, 0.3) is 0 Å². The zero-order valence-corrected chi connectivity index (χ0v) is 10.0. The van der Waals surface area contributed by atoms with Crippen LogP contribution in [0.2, 0.25) is 0 Å². The summed E-state index contributed by atoms with van der Waals surface area (Å²) in [6, 6.07) is 0.218. The Morgan fingerprint density at radius 1 is 1.14 bits per heavy atom. The normalized spacial score (nSPS) is 15.7. The van der Waals surface area contributed by atoms with E-state index in [1.54, 1.807) is 0 Å².